The van der Waals surface area contributed by atoms with Gasteiger partial charge in [-0.05, 0) is 73.1 Å². The van der Waals surface area contributed by atoms with E-state index < -0.39 is 35.0 Å². The number of likely N-dealkylation sites (tertiary alicyclic amines) is 1. The van der Waals surface area contributed by atoms with Crippen LogP contribution >= 0.6 is 0 Å². The average Bonchev–Trinajstić information content (AvgIpc) is 2.58. The molecule has 1 saturated heterocycles. The van der Waals surface area contributed by atoms with Gasteiger partial charge in [0.1, 0.15) is 17.2 Å². The predicted octanol–water partition coefficient (Wildman–Crippen LogP) is 4.85. The second-order valence-corrected chi connectivity index (χ2v) is 9.65. The van der Waals surface area contributed by atoms with Crippen molar-refractivity contribution in [1.82, 2.24) is 9.88 Å². The van der Waals surface area contributed by atoms with E-state index in [9.17, 15) is 22.8 Å². The molecule has 1 aromatic rings. The molecule has 174 valence electrons. The molecule has 1 atom stereocenters. The summed E-state index contributed by atoms with van der Waals surface area (Å²) in [6, 6.07) is 2.36. The largest absolute Gasteiger partial charge is 0.455 e. The monoisotopic (exact) mass is 444 g/mol. The zero-order valence-electron chi connectivity index (χ0n) is 18.8. The minimum atomic E-state index is -5.10. The molecule has 0 spiro atoms. The summed E-state index contributed by atoms with van der Waals surface area (Å²) in [5.74, 6) is -2.32. The molecule has 2 rings (SSSR count). The Labute approximate surface area is 180 Å². The fourth-order valence-corrected chi connectivity index (χ4v) is 3.28. The summed E-state index contributed by atoms with van der Waals surface area (Å²) in [5.41, 5.74) is -1.63. The van der Waals surface area contributed by atoms with Crippen LogP contribution in [0, 0.1) is 0 Å². The Balaban J connectivity index is 2.27. The fourth-order valence-electron chi connectivity index (χ4n) is 3.28. The minimum absolute atomic E-state index is 0.0137. The highest BCUT2D eigenvalue weighted by atomic mass is 19.4. The maximum absolute atomic E-state index is 13.0. The number of hydrogen-bond donors (Lipinski definition) is 2. The molecule has 0 bridgehead atoms. The number of hydrogen-bond acceptors (Lipinski definition) is 6. The van der Waals surface area contributed by atoms with Crippen LogP contribution in [0.15, 0.2) is 12.1 Å². The van der Waals surface area contributed by atoms with E-state index in [0.29, 0.717) is 0 Å². The molecule has 1 amide bonds. The van der Waals surface area contributed by atoms with Crippen LogP contribution in [-0.2, 0) is 4.74 Å². The van der Waals surface area contributed by atoms with Gasteiger partial charge in [0, 0.05) is 18.1 Å². The number of alkyl halides is 3. The van der Waals surface area contributed by atoms with Gasteiger partial charge in [-0.3, -0.25) is 15.0 Å². The maximum Gasteiger partial charge on any atom is 0.455 e. The molecular weight excluding hydrogens is 413 g/mol. The quantitative estimate of drug-likeness (QED) is 0.646. The maximum atomic E-state index is 13.0. The van der Waals surface area contributed by atoms with Gasteiger partial charge in [0.25, 0.3) is 5.78 Å². The lowest BCUT2D eigenvalue weighted by Gasteiger charge is -2.41. The van der Waals surface area contributed by atoms with E-state index in [1.54, 1.807) is 20.8 Å². The summed E-state index contributed by atoms with van der Waals surface area (Å²) in [4.78, 5) is 30.3. The Morgan fingerprint density at radius 2 is 1.77 bits per heavy atom. The van der Waals surface area contributed by atoms with Gasteiger partial charge in [0.15, 0.2) is 0 Å². The highest BCUT2D eigenvalue weighted by molar-refractivity contribution is 6.06. The third-order valence-electron chi connectivity index (χ3n) is 4.74. The first kappa shape index (κ1) is 24.9. The van der Waals surface area contributed by atoms with E-state index in [1.807, 2.05) is 0 Å². The standard InChI is InChI=1S/C21H31F3N4O3/c1-19(2,3)28-11-7-8-13(12-28)25-15-10-9-14(16(29)21(22,23)24)17(26-15)27-18(30)31-20(4,5)6/h9-10,13H,7-8,11-12H2,1-6H3,(H2,25,26,27,30). The van der Waals surface area contributed by atoms with Crippen LogP contribution in [-0.4, -0.2) is 58.2 Å². The van der Waals surface area contributed by atoms with Crippen LogP contribution < -0.4 is 10.6 Å². The van der Waals surface area contributed by atoms with Gasteiger partial charge in [-0.25, -0.2) is 9.78 Å². The molecule has 1 aliphatic heterocycles. The number of piperidine rings is 1. The van der Waals surface area contributed by atoms with Crippen LogP contribution in [0.3, 0.4) is 0 Å². The SMILES string of the molecule is CC(C)(C)OC(=O)Nc1nc(NC2CCCN(C(C)(C)C)C2)ccc1C(=O)C(F)(F)F. The van der Waals surface area contributed by atoms with Gasteiger partial charge in [-0.2, -0.15) is 13.2 Å². The number of nitrogens with one attached hydrogen (secondary N) is 2. The van der Waals surface area contributed by atoms with Crippen molar-refractivity contribution in [2.24, 2.45) is 0 Å². The molecule has 1 aromatic heterocycles. The molecule has 2 heterocycles. The lowest BCUT2D eigenvalue weighted by atomic mass is 9.98. The Kier molecular flexibility index (Phi) is 7.24. The first-order valence-corrected chi connectivity index (χ1v) is 10.2. The number of anilines is 2. The van der Waals surface area contributed by atoms with E-state index in [4.69, 9.17) is 4.74 Å². The first-order valence-electron chi connectivity index (χ1n) is 10.2. The molecule has 0 radical (unpaired) electrons. The van der Waals surface area contributed by atoms with Crippen LogP contribution in [0.1, 0.15) is 64.7 Å². The van der Waals surface area contributed by atoms with Crippen molar-refractivity contribution < 1.29 is 27.5 Å². The lowest BCUT2D eigenvalue weighted by Crippen LogP contribution is -2.50. The van der Waals surface area contributed by atoms with Crippen molar-refractivity contribution in [1.29, 1.82) is 0 Å². The Morgan fingerprint density at radius 3 is 2.32 bits per heavy atom. The molecule has 0 aliphatic carbocycles. The summed E-state index contributed by atoms with van der Waals surface area (Å²) in [6.45, 7) is 12.9. The van der Waals surface area contributed by atoms with E-state index >= 15 is 0 Å². The Morgan fingerprint density at radius 1 is 1.13 bits per heavy atom. The highest BCUT2D eigenvalue weighted by Gasteiger charge is 2.41. The van der Waals surface area contributed by atoms with E-state index in [0.717, 1.165) is 32.0 Å². The average molecular weight is 444 g/mol. The van der Waals surface area contributed by atoms with Crippen molar-refractivity contribution in [3.05, 3.63) is 17.7 Å². The summed E-state index contributed by atoms with van der Waals surface area (Å²) >= 11 is 0. The smallest absolute Gasteiger partial charge is 0.444 e. The number of carbonyl (C=O) groups excluding carboxylic acids is 2. The molecule has 1 unspecified atom stereocenters. The van der Waals surface area contributed by atoms with Crippen molar-refractivity contribution in [3.8, 4) is 0 Å². The Hall–Kier alpha value is -2.36. The number of ether oxygens (including phenoxy) is 1. The van der Waals surface area contributed by atoms with Gasteiger partial charge in [-0.15, -0.1) is 0 Å². The van der Waals surface area contributed by atoms with Gasteiger partial charge in [-0.1, -0.05) is 0 Å². The third-order valence-corrected chi connectivity index (χ3v) is 4.74. The van der Waals surface area contributed by atoms with Crippen molar-refractivity contribution >= 4 is 23.5 Å². The van der Waals surface area contributed by atoms with E-state index in [-0.39, 0.29) is 17.4 Å². The number of Topliss-reactive ketones (excluding diaryl/α,β-unsaturated/α-hetero) is 1. The van der Waals surface area contributed by atoms with Gasteiger partial charge in [0.2, 0.25) is 0 Å². The van der Waals surface area contributed by atoms with Gasteiger partial charge < -0.3 is 10.1 Å². The Bertz CT molecular complexity index is 814. The number of aromatic nitrogens is 1. The summed E-state index contributed by atoms with van der Waals surface area (Å²) in [5, 5.41) is 5.40. The normalized spacial score (nSPS) is 18.4. The number of rotatable bonds is 4. The molecular formula is C21H31F3N4O3. The van der Waals surface area contributed by atoms with E-state index in [1.165, 1.54) is 6.07 Å². The highest BCUT2D eigenvalue weighted by Crippen LogP contribution is 2.28. The second-order valence-electron chi connectivity index (χ2n) is 9.65. The number of nitrogens with zero attached hydrogens (tertiary/aromatic N) is 2. The number of halogens is 3. The predicted molar refractivity (Wildman–Crippen MR) is 112 cm³/mol. The summed E-state index contributed by atoms with van der Waals surface area (Å²) in [6.07, 6.45) is -4.27. The second kappa shape index (κ2) is 9.02. The number of ketones is 1. The summed E-state index contributed by atoms with van der Waals surface area (Å²) in [7, 11) is 0. The molecule has 7 nitrogen and oxygen atoms in total. The van der Waals surface area contributed by atoms with Crippen molar-refractivity contribution in [3.63, 3.8) is 0 Å². The lowest BCUT2D eigenvalue weighted by molar-refractivity contribution is -0.0885. The first-order chi connectivity index (χ1) is 14.1. The minimum Gasteiger partial charge on any atom is -0.444 e. The zero-order chi connectivity index (χ0) is 23.6. The van der Waals surface area contributed by atoms with Gasteiger partial charge in [0.05, 0.1) is 5.56 Å². The topological polar surface area (TPSA) is 83.6 Å². The molecule has 10 heteroatoms. The van der Waals surface area contributed by atoms with Crippen molar-refractivity contribution in [2.45, 2.75) is 77.7 Å². The molecule has 0 aromatic carbocycles. The van der Waals surface area contributed by atoms with Crippen LogP contribution in [0.25, 0.3) is 0 Å². The number of carbonyl (C=O) groups is 2. The van der Waals surface area contributed by atoms with Crippen LogP contribution in [0.5, 0.6) is 0 Å². The number of pyridine rings is 1. The number of amides is 1. The third kappa shape index (κ3) is 7.37. The molecule has 2 N–H and O–H groups in total. The van der Waals surface area contributed by atoms with E-state index in [2.05, 4.69) is 41.3 Å². The van der Waals surface area contributed by atoms with Crippen LogP contribution in [0.4, 0.5) is 29.6 Å². The molecule has 1 fully saturated rings. The fraction of sp³-hybridized carbons (Fsp3) is 0.667. The van der Waals surface area contributed by atoms with Crippen molar-refractivity contribution in [2.75, 3.05) is 23.7 Å². The van der Waals surface area contributed by atoms with Crippen LogP contribution in [0.2, 0.25) is 0 Å². The molecule has 0 saturated carbocycles. The van der Waals surface area contributed by atoms with Gasteiger partial charge >= 0.3 is 12.3 Å². The summed E-state index contributed by atoms with van der Waals surface area (Å²) < 4.78 is 44.1. The molecule has 1 aliphatic rings. The zero-order valence-corrected chi connectivity index (χ0v) is 18.8. The molecule has 31 heavy (non-hydrogen) atoms.